The number of hydrogen-bond acceptors (Lipinski definition) is 5. The lowest BCUT2D eigenvalue weighted by atomic mass is 10.0. The van der Waals surface area contributed by atoms with Gasteiger partial charge in [0.2, 0.25) is 0 Å². The summed E-state index contributed by atoms with van der Waals surface area (Å²) in [6.07, 6.45) is 4.97. The van der Waals surface area contributed by atoms with Crippen molar-refractivity contribution in [3.63, 3.8) is 0 Å². The minimum absolute atomic E-state index is 0.0852. The zero-order valence-corrected chi connectivity index (χ0v) is 14.9. The molecule has 1 saturated heterocycles. The third kappa shape index (κ3) is 3.65. The second kappa shape index (κ2) is 7.19. The van der Waals surface area contributed by atoms with Crippen LogP contribution < -0.4 is 4.74 Å². The number of hydrogen-bond donors (Lipinski definition) is 1. The molecular formula is C20H24FN3O2. The molecule has 138 valence electrons. The summed E-state index contributed by atoms with van der Waals surface area (Å²) in [7, 11) is 0. The van der Waals surface area contributed by atoms with Crippen molar-refractivity contribution in [2.24, 2.45) is 11.8 Å². The van der Waals surface area contributed by atoms with Crippen LogP contribution in [0.2, 0.25) is 0 Å². The zero-order valence-electron chi connectivity index (χ0n) is 14.9. The van der Waals surface area contributed by atoms with Crippen LogP contribution >= 0.6 is 0 Å². The highest BCUT2D eigenvalue weighted by atomic mass is 19.1. The molecule has 4 rings (SSSR count). The fourth-order valence-corrected chi connectivity index (χ4v) is 4.40. The van der Waals surface area contributed by atoms with Crippen molar-refractivity contribution in [3.8, 4) is 11.5 Å². The summed E-state index contributed by atoms with van der Waals surface area (Å²) < 4.78 is 19.5. The summed E-state index contributed by atoms with van der Waals surface area (Å²) in [5, 5.41) is 9.37. The number of fused-ring (bicyclic) bond motifs is 1. The van der Waals surface area contributed by atoms with Crippen LogP contribution in [0.4, 0.5) is 4.39 Å². The van der Waals surface area contributed by atoms with Gasteiger partial charge in [-0.25, -0.2) is 4.98 Å². The molecular weight excluding hydrogens is 333 g/mol. The smallest absolute Gasteiger partial charge is 0.255 e. The summed E-state index contributed by atoms with van der Waals surface area (Å²) in [5.41, 5.74) is 1.01. The first-order chi connectivity index (χ1) is 12.6. The minimum Gasteiger partial charge on any atom is -0.506 e. The molecule has 4 atom stereocenters. The van der Waals surface area contributed by atoms with Gasteiger partial charge in [0.1, 0.15) is 5.75 Å². The van der Waals surface area contributed by atoms with Crippen LogP contribution in [0.3, 0.4) is 0 Å². The fourth-order valence-electron chi connectivity index (χ4n) is 4.40. The van der Waals surface area contributed by atoms with Gasteiger partial charge < -0.3 is 14.7 Å². The Morgan fingerprint density at radius 1 is 1.23 bits per heavy atom. The average molecular weight is 357 g/mol. The fraction of sp³-hybridized carbons (Fsp3) is 0.500. The summed E-state index contributed by atoms with van der Waals surface area (Å²) in [5.74, 6) is 1.49. The van der Waals surface area contributed by atoms with Crippen LogP contribution in [0.5, 0.6) is 11.5 Å². The van der Waals surface area contributed by atoms with E-state index in [4.69, 9.17) is 4.74 Å². The first-order valence-electron chi connectivity index (χ1n) is 9.23. The third-order valence-corrected chi connectivity index (χ3v) is 5.61. The minimum atomic E-state index is -0.526. The largest absolute Gasteiger partial charge is 0.506 e. The Morgan fingerprint density at radius 3 is 2.65 bits per heavy atom. The van der Waals surface area contributed by atoms with E-state index in [0.717, 1.165) is 38.2 Å². The van der Waals surface area contributed by atoms with E-state index >= 15 is 0 Å². The van der Waals surface area contributed by atoms with Crippen molar-refractivity contribution in [1.82, 2.24) is 14.9 Å². The van der Waals surface area contributed by atoms with Gasteiger partial charge in [-0.05, 0) is 48.9 Å². The van der Waals surface area contributed by atoms with E-state index < -0.39 is 5.95 Å². The highest BCUT2D eigenvalue weighted by Crippen LogP contribution is 2.40. The molecule has 26 heavy (non-hydrogen) atoms. The molecule has 0 bridgehead atoms. The zero-order chi connectivity index (χ0) is 18.1. The lowest BCUT2D eigenvalue weighted by Gasteiger charge is -2.22. The normalized spacial score (nSPS) is 26.6. The molecule has 0 radical (unpaired) electrons. The lowest BCUT2D eigenvalue weighted by molar-refractivity contribution is 0.175. The Hall–Kier alpha value is -2.21. The summed E-state index contributed by atoms with van der Waals surface area (Å²) in [6, 6.07) is 6.93. The molecule has 0 spiro atoms. The highest BCUT2D eigenvalue weighted by molar-refractivity contribution is 5.20. The number of aromatic nitrogens is 2. The molecule has 2 aromatic rings. The molecule has 6 heteroatoms. The lowest BCUT2D eigenvalue weighted by Crippen LogP contribution is -2.28. The van der Waals surface area contributed by atoms with Crippen LogP contribution in [0.15, 0.2) is 36.7 Å². The van der Waals surface area contributed by atoms with Crippen LogP contribution in [0.1, 0.15) is 31.4 Å². The van der Waals surface area contributed by atoms with Gasteiger partial charge in [-0.1, -0.05) is 6.92 Å². The molecule has 2 aromatic heterocycles. The second-order valence-electron chi connectivity index (χ2n) is 7.58. The SMILES string of the molecule is CC(CN1C[C@H]2C[C@H](Oc3cccnc3F)C[C@H]2C1)c1ccc(O)cn1. The molecule has 0 aromatic carbocycles. The first-order valence-corrected chi connectivity index (χ1v) is 9.23. The van der Waals surface area contributed by atoms with E-state index in [1.165, 1.54) is 12.4 Å². The van der Waals surface area contributed by atoms with Crippen LogP contribution in [0, 0.1) is 17.8 Å². The Bertz CT molecular complexity index is 741. The van der Waals surface area contributed by atoms with E-state index in [1.807, 2.05) is 6.07 Å². The Balaban J connectivity index is 1.29. The van der Waals surface area contributed by atoms with Gasteiger partial charge >= 0.3 is 0 Å². The molecule has 1 N–H and O–H groups in total. The maximum absolute atomic E-state index is 13.7. The first kappa shape index (κ1) is 17.2. The number of nitrogens with zero attached hydrogens (tertiary/aromatic N) is 3. The number of aromatic hydroxyl groups is 1. The van der Waals surface area contributed by atoms with Crippen molar-refractivity contribution in [1.29, 1.82) is 0 Å². The number of halogens is 1. The van der Waals surface area contributed by atoms with Gasteiger partial charge in [-0.15, -0.1) is 0 Å². The van der Waals surface area contributed by atoms with Gasteiger partial charge in [-0.3, -0.25) is 4.98 Å². The Morgan fingerprint density at radius 2 is 2.00 bits per heavy atom. The summed E-state index contributed by atoms with van der Waals surface area (Å²) >= 11 is 0. The van der Waals surface area contributed by atoms with Gasteiger partial charge in [0.05, 0.1) is 12.3 Å². The average Bonchev–Trinajstić information content (AvgIpc) is 3.15. The van der Waals surface area contributed by atoms with Crippen molar-refractivity contribution < 1.29 is 14.2 Å². The molecule has 2 fully saturated rings. The number of ether oxygens (including phenoxy) is 1. The van der Waals surface area contributed by atoms with Crippen molar-refractivity contribution >= 4 is 0 Å². The molecule has 1 aliphatic carbocycles. The standard InChI is InChI=1S/C20H24FN3O2/c1-13(18-5-4-16(25)9-23-18)10-24-11-14-7-17(8-15(14)12-24)26-19-3-2-6-22-20(19)21/h2-6,9,13-15,17,25H,7-8,10-12H2,1H3/t13?,14-,15+,17+. The molecule has 1 saturated carbocycles. The molecule has 0 amide bonds. The number of pyridine rings is 2. The molecule has 2 aliphatic rings. The maximum atomic E-state index is 13.7. The summed E-state index contributed by atoms with van der Waals surface area (Å²) in [4.78, 5) is 10.5. The molecule has 1 unspecified atom stereocenters. The highest BCUT2D eigenvalue weighted by Gasteiger charge is 2.42. The van der Waals surface area contributed by atoms with Crippen LogP contribution in [-0.4, -0.2) is 45.7 Å². The van der Waals surface area contributed by atoms with Gasteiger partial charge in [0, 0.05) is 37.4 Å². The molecule has 3 heterocycles. The maximum Gasteiger partial charge on any atom is 0.255 e. The van der Waals surface area contributed by atoms with Crippen LogP contribution in [-0.2, 0) is 0 Å². The van der Waals surface area contributed by atoms with Crippen LogP contribution in [0.25, 0.3) is 0 Å². The Kier molecular flexibility index (Phi) is 4.76. The quantitative estimate of drug-likeness (QED) is 0.833. The van der Waals surface area contributed by atoms with Crippen molar-refractivity contribution in [2.45, 2.75) is 31.8 Å². The predicted molar refractivity (Wildman–Crippen MR) is 95.6 cm³/mol. The molecule has 5 nitrogen and oxygen atoms in total. The summed E-state index contributed by atoms with van der Waals surface area (Å²) in [6.45, 7) is 5.25. The number of rotatable bonds is 5. The van der Waals surface area contributed by atoms with Crippen molar-refractivity contribution in [2.75, 3.05) is 19.6 Å². The Labute approximate surface area is 152 Å². The second-order valence-corrected chi connectivity index (χ2v) is 7.58. The number of likely N-dealkylation sites (tertiary alicyclic amines) is 1. The van der Waals surface area contributed by atoms with E-state index in [2.05, 4.69) is 21.8 Å². The van der Waals surface area contributed by atoms with Gasteiger partial charge in [0.25, 0.3) is 5.95 Å². The van der Waals surface area contributed by atoms with E-state index in [0.29, 0.717) is 17.8 Å². The molecule has 1 aliphatic heterocycles. The van der Waals surface area contributed by atoms with E-state index in [9.17, 15) is 9.50 Å². The van der Waals surface area contributed by atoms with Gasteiger partial charge in [0.15, 0.2) is 5.75 Å². The topological polar surface area (TPSA) is 58.5 Å². The van der Waals surface area contributed by atoms with E-state index in [-0.39, 0.29) is 17.6 Å². The van der Waals surface area contributed by atoms with Gasteiger partial charge in [-0.2, -0.15) is 4.39 Å². The predicted octanol–water partition coefficient (Wildman–Crippen LogP) is 3.21. The third-order valence-electron chi connectivity index (χ3n) is 5.61. The monoisotopic (exact) mass is 357 g/mol. The van der Waals surface area contributed by atoms with E-state index in [1.54, 1.807) is 18.2 Å². The van der Waals surface area contributed by atoms with Crippen molar-refractivity contribution in [3.05, 3.63) is 48.3 Å².